The van der Waals surface area contributed by atoms with Gasteiger partial charge in [0.1, 0.15) is 0 Å². The van der Waals surface area contributed by atoms with E-state index < -0.39 is 15.9 Å². The fourth-order valence-corrected chi connectivity index (χ4v) is 4.42. The van der Waals surface area contributed by atoms with Crippen LogP contribution in [-0.4, -0.2) is 31.1 Å². The molecule has 0 radical (unpaired) electrons. The zero-order chi connectivity index (χ0) is 20.6. The Morgan fingerprint density at radius 3 is 2.48 bits per heavy atom. The number of rotatable bonds is 4. The number of pyridine rings is 1. The number of amides is 3. The van der Waals surface area contributed by atoms with Crippen molar-refractivity contribution in [3.8, 4) is 0 Å². The maximum Gasteiger partial charge on any atom is 0.265 e. The van der Waals surface area contributed by atoms with Crippen LogP contribution in [0.25, 0.3) is 10.8 Å². The van der Waals surface area contributed by atoms with Gasteiger partial charge in [-0.3, -0.25) is 24.3 Å². The topological polar surface area (TPSA) is 114 Å². The lowest BCUT2D eigenvalue weighted by Gasteiger charge is -2.15. The van der Waals surface area contributed by atoms with Crippen LogP contribution < -0.4 is 9.62 Å². The molecule has 1 saturated heterocycles. The van der Waals surface area contributed by atoms with Crippen molar-refractivity contribution in [1.82, 2.24) is 9.71 Å². The first-order valence-corrected chi connectivity index (χ1v) is 10.2. The van der Waals surface area contributed by atoms with E-state index in [1.54, 1.807) is 18.2 Å². The van der Waals surface area contributed by atoms with Crippen LogP contribution in [0.2, 0.25) is 0 Å². The fourth-order valence-electron chi connectivity index (χ4n) is 3.21. The summed E-state index contributed by atoms with van der Waals surface area (Å²) in [4.78, 5) is 41.3. The monoisotopic (exact) mass is 409 g/mol. The van der Waals surface area contributed by atoms with E-state index in [4.69, 9.17) is 0 Å². The lowest BCUT2D eigenvalue weighted by molar-refractivity contribution is -0.121. The van der Waals surface area contributed by atoms with Crippen LogP contribution >= 0.6 is 0 Å². The van der Waals surface area contributed by atoms with Crippen molar-refractivity contribution in [3.05, 3.63) is 66.5 Å². The first-order chi connectivity index (χ1) is 13.9. The van der Waals surface area contributed by atoms with Crippen molar-refractivity contribution in [2.24, 2.45) is 0 Å². The van der Waals surface area contributed by atoms with Crippen LogP contribution in [-0.2, 0) is 19.6 Å². The molecule has 29 heavy (non-hydrogen) atoms. The molecule has 1 fully saturated rings. The van der Waals surface area contributed by atoms with Crippen molar-refractivity contribution in [3.63, 3.8) is 0 Å². The van der Waals surface area contributed by atoms with Gasteiger partial charge in [-0.15, -0.1) is 0 Å². The van der Waals surface area contributed by atoms with E-state index in [2.05, 4.69) is 4.98 Å². The third kappa shape index (κ3) is 3.47. The van der Waals surface area contributed by atoms with E-state index in [-0.39, 0.29) is 40.8 Å². The van der Waals surface area contributed by atoms with Crippen LogP contribution in [0.15, 0.2) is 65.8 Å². The average molecular weight is 409 g/mol. The van der Waals surface area contributed by atoms with Gasteiger partial charge in [-0.25, -0.2) is 13.1 Å². The van der Waals surface area contributed by atoms with Gasteiger partial charge in [-0.1, -0.05) is 18.2 Å². The quantitative estimate of drug-likeness (QED) is 0.660. The molecular weight excluding hydrogens is 394 g/mol. The Morgan fingerprint density at radius 1 is 1.00 bits per heavy atom. The maximum absolute atomic E-state index is 12.8. The van der Waals surface area contributed by atoms with Crippen molar-refractivity contribution < 1.29 is 22.8 Å². The Kier molecular flexibility index (Phi) is 4.59. The predicted octanol–water partition coefficient (Wildman–Crippen LogP) is 2.01. The van der Waals surface area contributed by atoms with Crippen molar-refractivity contribution in [1.29, 1.82) is 0 Å². The molecule has 0 aliphatic carbocycles. The number of fused-ring (bicyclic) bond motifs is 1. The lowest BCUT2D eigenvalue weighted by atomic mass is 10.2. The molecule has 1 aliphatic rings. The van der Waals surface area contributed by atoms with Crippen molar-refractivity contribution >= 4 is 44.2 Å². The number of anilines is 1. The lowest BCUT2D eigenvalue weighted by Crippen LogP contribution is -2.32. The van der Waals surface area contributed by atoms with Crippen molar-refractivity contribution in [2.75, 3.05) is 4.90 Å². The van der Waals surface area contributed by atoms with E-state index in [9.17, 15) is 22.8 Å². The zero-order valence-corrected chi connectivity index (χ0v) is 15.8. The number of sulfonamides is 1. The van der Waals surface area contributed by atoms with Crippen LogP contribution in [0.5, 0.6) is 0 Å². The third-order valence-corrected chi connectivity index (χ3v) is 5.96. The average Bonchev–Trinajstić information content (AvgIpc) is 3.05. The number of nitrogens with zero attached hydrogens (tertiary/aromatic N) is 2. The molecule has 0 spiro atoms. The minimum atomic E-state index is -4.16. The molecule has 3 amide bonds. The van der Waals surface area contributed by atoms with Crippen LogP contribution in [0, 0.1) is 0 Å². The summed E-state index contributed by atoms with van der Waals surface area (Å²) in [6, 6.07) is 12.0. The van der Waals surface area contributed by atoms with Crippen LogP contribution in [0.4, 0.5) is 5.69 Å². The van der Waals surface area contributed by atoms with E-state index in [0.29, 0.717) is 10.8 Å². The molecule has 2 aromatic carbocycles. The molecule has 0 atom stereocenters. The standard InChI is InChI=1S/C20H15N3O5S/c24-18-7-8-19(25)23(18)15-5-1-3-13(11-15)20(26)22-29(27,28)17-6-2-4-14-12-21-10-9-16(14)17/h1-6,9-12H,7-8H2,(H,22,26). The summed E-state index contributed by atoms with van der Waals surface area (Å²) in [5.41, 5.74) is 0.249. The van der Waals surface area contributed by atoms with Gasteiger partial charge in [0.15, 0.2) is 0 Å². The number of carbonyl (C=O) groups is 3. The highest BCUT2D eigenvalue weighted by Crippen LogP contribution is 2.25. The first-order valence-electron chi connectivity index (χ1n) is 8.72. The van der Waals surface area contributed by atoms with Gasteiger partial charge >= 0.3 is 0 Å². The first kappa shape index (κ1) is 18.8. The Morgan fingerprint density at radius 2 is 1.72 bits per heavy atom. The maximum atomic E-state index is 12.8. The molecule has 4 rings (SSSR count). The predicted molar refractivity (Wildman–Crippen MR) is 105 cm³/mol. The number of hydrogen-bond donors (Lipinski definition) is 1. The highest BCUT2D eigenvalue weighted by molar-refractivity contribution is 7.90. The molecule has 1 aromatic heterocycles. The molecule has 3 aromatic rings. The molecule has 9 heteroatoms. The second kappa shape index (κ2) is 7.10. The van der Waals surface area contributed by atoms with Gasteiger partial charge in [0, 0.05) is 41.6 Å². The summed E-state index contributed by atoms with van der Waals surface area (Å²) in [6.07, 6.45) is 3.22. The zero-order valence-electron chi connectivity index (χ0n) is 15.0. The Bertz CT molecular complexity index is 1250. The van der Waals surface area contributed by atoms with E-state index in [1.807, 2.05) is 4.72 Å². The Hall–Kier alpha value is -3.59. The second-order valence-electron chi connectivity index (χ2n) is 6.46. The SMILES string of the molecule is O=C(NS(=O)(=O)c1cccc2cnccc12)c1cccc(N2C(=O)CCC2=O)c1. The minimum absolute atomic E-state index is 0.0143. The van der Waals surface area contributed by atoms with E-state index in [0.717, 1.165) is 4.90 Å². The van der Waals surface area contributed by atoms with Crippen molar-refractivity contribution in [2.45, 2.75) is 17.7 Å². The highest BCUT2D eigenvalue weighted by atomic mass is 32.2. The Labute approximate surface area is 166 Å². The summed E-state index contributed by atoms with van der Waals surface area (Å²) >= 11 is 0. The summed E-state index contributed by atoms with van der Waals surface area (Å²) < 4.78 is 27.7. The number of carbonyl (C=O) groups excluding carboxylic acids is 3. The number of nitrogens with one attached hydrogen (secondary N) is 1. The van der Waals surface area contributed by atoms with Crippen LogP contribution in [0.3, 0.4) is 0 Å². The van der Waals surface area contributed by atoms with Gasteiger partial charge in [-0.2, -0.15) is 0 Å². The third-order valence-electron chi connectivity index (χ3n) is 4.58. The molecule has 0 unspecified atom stereocenters. The number of imide groups is 1. The smallest absolute Gasteiger partial charge is 0.265 e. The molecule has 8 nitrogen and oxygen atoms in total. The largest absolute Gasteiger partial charge is 0.274 e. The summed E-state index contributed by atoms with van der Waals surface area (Å²) in [7, 11) is -4.16. The van der Waals surface area contributed by atoms with Crippen LogP contribution in [0.1, 0.15) is 23.2 Å². The molecule has 0 saturated carbocycles. The number of benzene rings is 2. The number of hydrogen-bond acceptors (Lipinski definition) is 6. The van der Waals surface area contributed by atoms with E-state index in [1.165, 1.54) is 42.7 Å². The van der Waals surface area contributed by atoms with Gasteiger partial charge < -0.3 is 0 Å². The normalized spacial score (nSPS) is 14.4. The number of aromatic nitrogens is 1. The molecule has 0 bridgehead atoms. The van der Waals surface area contributed by atoms with E-state index >= 15 is 0 Å². The molecule has 1 aliphatic heterocycles. The summed E-state index contributed by atoms with van der Waals surface area (Å²) in [5.74, 6) is -1.58. The molecule has 146 valence electrons. The van der Waals surface area contributed by atoms with Gasteiger partial charge in [-0.05, 0) is 30.3 Å². The fraction of sp³-hybridized carbons (Fsp3) is 0.100. The van der Waals surface area contributed by atoms with Gasteiger partial charge in [0.25, 0.3) is 15.9 Å². The summed E-state index contributed by atoms with van der Waals surface area (Å²) in [5, 5.41) is 1.06. The molecule has 2 heterocycles. The second-order valence-corrected chi connectivity index (χ2v) is 8.11. The minimum Gasteiger partial charge on any atom is -0.274 e. The summed E-state index contributed by atoms with van der Waals surface area (Å²) in [6.45, 7) is 0. The highest BCUT2D eigenvalue weighted by Gasteiger charge is 2.31. The molecular formula is C20H15N3O5S. The Balaban J connectivity index is 1.65. The molecule has 1 N–H and O–H groups in total. The van der Waals surface area contributed by atoms with Gasteiger partial charge in [0.2, 0.25) is 11.8 Å². The van der Waals surface area contributed by atoms with Gasteiger partial charge in [0.05, 0.1) is 10.6 Å².